The summed E-state index contributed by atoms with van der Waals surface area (Å²) in [5, 5.41) is 1.06. The number of ether oxygens (including phenoxy) is 2. The second kappa shape index (κ2) is 8.87. The summed E-state index contributed by atoms with van der Waals surface area (Å²) in [6, 6.07) is 20.3. The molecular formula is C26H20ClN3O4S. The average molecular weight is 506 g/mol. The van der Waals surface area contributed by atoms with Gasteiger partial charge in [0.05, 0.1) is 21.8 Å². The molecule has 0 saturated carbocycles. The van der Waals surface area contributed by atoms with Gasteiger partial charge >= 0.3 is 0 Å². The number of hydrogen-bond donors (Lipinski definition) is 0. The summed E-state index contributed by atoms with van der Waals surface area (Å²) < 4.78 is 12.2. The SMILES string of the molecule is O=C1C[C@H](C(=O)N(c2cccc(Cl)c2)c2nc3ccccc3s2)CN1c1ccc2c(c1)OCCO2. The van der Waals surface area contributed by atoms with Gasteiger partial charge in [-0.25, -0.2) is 4.98 Å². The van der Waals surface area contributed by atoms with Crippen LogP contribution in [0.1, 0.15) is 6.42 Å². The number of nitrogens with zero attached hydrogens (tertiary/aromatic N) is 3. The van der Waals surface area contributed by atoms with Crippen LogP contribution in [-0.4, -0.2) is 36.6 Å². The van der Waals surface area contributed by atoms with Crippen molar-refractivity contribution in [1.29, 1.82) is 0 Å². The Morgan fingerprint density at radius 1 is 1.03 bits per heavy atom. The van der Waals surface area contributed by atoms with Crippen molar-refractivity contribution >= 4 is 61.5 Å². The van der Waals surface area contributed by atoms with Crippen LogP contribution in [0.25, 0.3) is 10.2 Å². The number of hydrogen-bond acceptors (Lipinski definition) is 6. The molecule has 7 nitrogen and oxygen atoms in total. The van der Waals surface area contributed by atoms with Gasteiger partial charge < -0.3 is 14.4 Å². The predicted molar refractivity (Wildman–Crippen MR) is 136 cm³/mol. The first kappa shape index (κ1) is 21.9. The number of amides is 2. The molecule has 4 aromatic rings. The lowest BCUT2D eigenvalue weighted by molar-refractivity contribution is -0.123. The maximum absolute atomic E-state index is 13.9. The minimum atomic E-state index is -0.540. The summed E-state index contributed by atoms with van der Waals surface area (Å²) in [4.78, 5) is 34.8. The zero-order valence-corrected chi connectivity index (χ0v) is 20.1. The molecule has 0 spiro atoms. The maximum Gasteiger partial charge on any atom is 0.238 e. The lowest BCUT2D eigenvalue weighted by Gasteiger charge is -2.24. The fraction of sp³-hybridized carbons (Fsp3) is 0.192. The Morgan fingerprint density at radius 2 is 1.86 bits per heavy atom. The van der Waals surface area contributed by atoms with Crippen LogP contribution in [0, 0.1) is 5.92 Å². The molecule has 1 atom stereocenters. The van der Waals surface area contributed by atoms with E-state index in [1.54, 1.807) is 40.1 Å². The fourth-order valence-corrected chi connectivity index (χ4v) is 5.58. The number of halogens is 1. The normalized spacial score (nSPS) is 17.1. The third kappa shape index (κ3) is 4.09. The molecule has 0 N–H and O–H groups in total. The number of para-hydroxylation sites is 1. The number of benzene rings is 3. The molecule has 1 aromatic heterocycles. The van der Waals surface area contributed by atoms with E-state index in [4.69, 9.17) is 26.1 Å². The van der Waals surface area contributed by atoms with Crippen molar-refractivity contribution in [2.75, 3.05) is 29.6 Å². The maximum atomic E-state index is 13.9. The highest BCUT2D eigenvalue weighted by atomic mass is 35.5. The van der Waals surface area contributed by atoms with E-state index >= 15 is 0 Å². The number of thiazole rings is 1. The van der Waals surface area contributed by atoms with E-state index in [-0.39, 0.29) is 24.8 Å². The van der Waals surface area contributed by atoms with Gasteiger partial charge in [0.25, 0.3) is 0 Å². The van der Waals surface area contributed by atoms with Crippen LogP contribution < -0.4 is 19.3 Å². The number of aromatic nitrogens is 1. The Morgan fingerprint density at radius 3 is 2.69 bits per heavy atom. The largest absolute Gasteiger partial charge is 0.486 e. The fourth-order valence-electron chi connectivity index (χ4n) is 4.41. The van der Waals surface area contributed by atoms with E-state index in [0.29, 0.717) is 46.2 Å². The van der Waals surface area contributed by atoms with Crippen molar-refractivity contribution < 1.29 is 19.1 Å². The van der Waals surface area contributed by atoms with Crippen LogP contribution in [-0.2, 0) is 9.59 Å². The van der Waals surface area contributed by atoms with Crippen LogP contribution in [0.15, 0.2) is 66.7 Å². The van der Waals surface area contributed by atoms with Crippen LogP contribution in [0.2, 0.25) is 5.02 Å². The standard InChI is InChI=1S/C26H20ClN3O4S/c27-17-4-3-5-19(13-17)30(26-28-20-6-1-2-7-23(20)35-26)25(32)16-12-24(31)29(15-16)18-8-9-21-22(14-18)34-11-10-33-21/h1-9,13-14,16H,10-12,15H2/t16-/m0/s1. The Balaban J connectivity index is 1.33. The predicted octanol–water partition coefficient (Wildman–Crippen LogP) is 5.44. The Kier molecular flexibility index (Phi) is 5.54. The number of anilines is 3. The van der Waals surface area contributed by atoms with Gasteiger partial charge in [-0.05, 0) is 42.5 Å². The Labute approximate surface area is 210 Å². The quantitative estimate of drug-likeness (QED) is 0.369. The van der Waals surface area contributed by atoms with Crippen molar-refractivity contribution in [3.8, 4) is 11.5 Å². The highest BCUT2D eigenvalue weighted by molar-refractivity contribution is 7.22. The van der Waals surface area contributed by atoms with E-state index in [2.05, 4.69) is 0 Å². The molecule has 2 aliphatic rings. The number of fused-ring (bicyclic) bond motifs is 2. The Bertz CT molecular complexity index is 1420. The minimum Gasteiger partial charge on any atom is -0.486 e. The smallest absolute Gasteiger partial charge is 0.238 e. The second-order valence-corrected chi connectivity index (χ2v) is 9.80. The number of carbonyl (C=O) groups excluding carboxylic acids is 2. The highest BCUT2D eigenvalue weighted by Crippen LogP contribution is 2.39. The van der Waals surface area contributed by atoms with E-state index < -0.39 is 5.92 Å². The molecule has 0 unspecified atom stereocenters. The van der Waals surface area contributed by atoms with Crippen molar-refractivity contribution in [3.63, 3.8) is 0 Å². The molecule has 2 aliphatic heterocycles. The summed E-state index contributed by atoms with van der Waals surface area (Å²) in [5.41, 5.74) is 2.11. The van der Waals surface area contributed by atoms with E-state index in [9.17, 15) is 9.59 Å². The van der Waals surface area contributed by atoms with Crippen molar-refractivity contribution in [2.45, 2.75) is 6.42 Å². The molecule has 6 rings (SSSR count). The molecule has 1 fully saturated rings. The summed E-state index contributed by atoms with van der Waals surface area (Å²) >= 11 is 7.69. The van der Waals surface area contributed by atoms with Gasteiger partial charge in [-0.1, -0.05) is 41.1 Å². The summed E-state index contributed by atoms with van der Waals surface area (Å²) in [6.07, 6.45) is 0.106. The molecule has 1 saturated heterocycles. The number of rotatable bonds is 4. The molecule has 35 heavy (non-hydrogen) atoms. The first-order chi connectivity index (χ1) is 17.1. The molecule has 0 bridgehead atoms. The van der Waals surface area contributed by atoms with Gasteiger partial charge in [-0.2, -0.15) is 0 Å². The molecule has 176 valence electrons. The van der Waals surface area contributed by atoms with E-state index in [0.717, 1.165) is 10.2 Å². The molecule has 9 heteroatoms. The lowest BCUT2D eigenvalue weighted by atomic mass is 10.1. The summed E-state index contributed by atoms with van der Waals surface area (Å²) in [6.45, 7) is 1.22. The third-order valence-electron chi connectivity index (χ3n) is 6.07. The Hall–Kier alpha value is -3.62. The van der Waals surface area contributed by atoms with Crippen LogP contribution in [0.3, 0.4) is 0 Å². The zero-order valence-electron chi connectivity index (χ0n) is 18.5. The van der Waals surface area contributed by atoms with E-state index in [1.807, 2.05) is 36.4 Å². The van der Waals surface area contributed by atoms with Crippen molar-refractivity contribution in [3.05, 3.63) is 71.8 Å². The minimum absolute atomic E-state index is 0.106. The molecule has 0 aliphatic carbocycles. The summed E-state index contributed by atoms with van der Waals surface area (Å²) in [5.74, 6) is 0.408. The van der Waals surface area contributed by atoms with Crippen LogP contribution >= 0.6 is 22.9 Å². The molecule has 3 aromatic carbocycles. The van der Waals surface area contributed by atoms with Crippen LogP contribution in [0.4, 0.5) is 16.5 Å². The summed E-state index contributed by atoms with van der Waals surface area (Å²) in [7, 11) is 0. The van der Waals surface area contributed by atoms with Gasteiger partial charge in [-0.3, -0.25) is 14.5 Å². The topological polar surface area (TPSA) is 72.0 Å². The van der Waals surface area contributed by atoms with Gasteiger partial charge in [0, 0.05) is 29.7 Å². The van der Waals surface area contributed by atoms with Crippen molar-refractivity contribution in [2.24, 2.45) is 5.92 Å². The lowest BCUT2D eigenvalue weighted by Crippen LogP contribution is -2.34. The first-order valence-corrected chi connectivity index (χ1v) is 12.4. The highest BCUT2D eigenvalue weighted by Gasteiger charge is 2.39. The first-order valence-electron chi connectivity index (χ1n) is 11.2. The van der Waals surface area contributed by atoms with Gasteiger partial charge in [0.1, 0.15) is 13.2 Å². The second-order valence-electron chi connectivity index (χ2n) is 8.35. The van der Waals surface area contributed by atoms with Gasteiger partial charge in [0.2, 0.25) is 11.8 Å². The van der Waals surface area contributed by atoms with Gasteiger partial charge in [-0.15, -0.1) is 0 Å². The van der Waals surface area contributed by atoms with Crippen molar-refractivity contribution in [1.82, 2.24) is 4.98 Å². The monoisotopic (exact) mass is 505 g/mol. The van der Waals surface area contributed by atoms with Crippen LogP contribution in [0.5, 0.6) is 11.5 Å². The molecule has 2 amide bonds. The average Bonchev–Trinajstić information content (AvgIpc) is 3.47. The molecular weight excluding hydrogens is 486 g/mol. The van der Waals surface area contributed by atoms with Gasteiger partial charge in [0.15, 0.2) is 16.6 Å². The number of carbonyl (C=O) groups is 2. The third-order valence-corrected chi connectivity index (χ3v) is 7.33. The zero-order chi connectivity index (χ0) is 23.9. The molecule has 0 radical (unpaired) electrons. The molecule has 3 heterocycles. The van der Waals surface area contributed by atoms with E-state index in [1.165, 1.54) is 11.3 Å².